The Morgan fingerprint density at radius 2 is 2.12 bits per heavy atom. The lowest BCUT2D eigenvalue weighted by molar-refractivity contribution is 0.592. The van der Waals surface area contributed by atoms with Crippen LogP contribution in [0.1, 0.15) is 37.5 Å². The molecule has 3 nitrogen and oxygen atoms in total. The number of benzene rings is 1. The van der Waals surface area contributed by atoms with Gasteiger partial charge in [-0.05, 0) is 48.8 Å². The quantitative estimate of drug-likeness (QED) is 0.704. The molecule has 1 aliphatic rings. The first kappa shape index (κ1) is 18.6. The Kier molecular flexibility index (Phi) is 6.63. The minimum atomic E-state index is -0.320. The summed E-state index contributed by atoms with van der Waals surface area (Å²) in [6.07, 6.45) is 11.8. The van der Waals surface area contributed by atoms with Gasteiger partial charge in [-0.15, -0.1) is 0 Å². The first-order chi connectivity index (χ1) is 12.2. The van der Waals surface area contributed by atoms with Crippen LogP contribution in [0, 0.1) is 0 Å². The van der Waals surface area contributed by atoms with Crippen molar-refractivity contribution < 1.29 is 8.81 Å². The number of halogens is 1. The van der Waals surface area contributed by atoms with E-state index in [9.17, 15) is 9.18 Å². The first-order valence-electron chi connectivity index (χ1n) is 8.42. The van der Waals surface area contributed by atoms with Crippen LogP contribution in [0.4, 0.5) is 4.39 Å². The summed E-state index contributed by atoms with van der Waals surface area (Å²) in [5.41, 5.74) is 2.40. The first-order valence-corrected chi connectivity index (χ1v) is 8.42. The predicted octanol–water partition coefficient (Wildman–Crippen LogP) is 5.39. The van der Waals surface area contributed by atoms with Crippen molar-refractivity contribution in [3.05, 3.63) is 75.4 Å². The van der Waals surface area contributed by atoms with Gasteiger partial charge in [-0.25, -0.2) is 4.39 Å². The van der Waals surface area contributed by atoms with Crippen molar-refractivity contribution >= 4 is 23.3 Å². The van der Waals surface area contributed by atoms with Gasteiger partial charge in [0.25, 0.3) is 0 Å². The minimum absolute atomic E-state index is 0.107. The summed E-state index contributed by atoms with van der Waals surface area (Å²) in [5.74, 6) is -0.320. The number of hydrogen-bond acceptors (Lipinski definition) is 3. The van der Waals surface area contributed by atoms with E-state index in [0.29, 0.717) is 28.5 Å². The second kappa shape index (κ2) is 8.92. The van der Waals surface area contributed by atoms with Crippen LogP contribution < -0.4 is 5.43 Å². The molecule has 130 valence electrons. The number of rotatable bonds is 3. The molecule has 0 fully saturated rings. The second-order valence-electron chi connectivity index (χ2n) is 5.25. The van der Waals surface area contributed by atoms with Crippen LogP contribution in [0.2, 0.25) is 0 Å². The molecule has 0 N–H and O–H groups in total. The number of hydrogen-bond donors (Lipinski definition) is 0. The molecule has 3 rings (SSSR count). The van der Waals surface area contributed by atoms with E-state index in [1.807, 2.05) is 26.8 Å². The van der Waals surface area contributed by atoms with E-state index in [1.165, 1.54) is 18.4 Å². The Morgan fingerprint density at radius 1 is 1.32 bits per heavy atom. The van der Waals surface area contributed by atoms with Gasteiger partial charge in [0.2, 0.25) is 0 Å². The summed E-state index contributed by atoms with van der Waals surface area (Å²) in [6, 6.07) is 3.48. The number of fused-ring (bicyclic) bond motifs is 3. The Labute approximate surface area is 146 Å². The molecule has 1 aromatic carbocycles. The van der Waals surface area contributed by atoms with E-state index in [-0.39, 0.29) is 17.8 Å². The van der Waals surface area contributed by atoms with E-state index in [2.05, 4.69) is 4.99 Å². The lowest BCUT2D eigenvalue weighted by Crippen LogP contribution is -2.10. The number of nitrogens with zero attached hydrogens (tertiary/aromatic N) is 1. The smallest absolute Gasteiger partial charge is 0.198 e. The van der Waals surface area contributed by atoms with E-state index < -0.39 is 0 Å². The maximum atomic E-state index is 13.6. The van der Waals surface area contributed by atoms with Crippen LogP contribution in [0.5, 0.6) is 0 Å². The van der Waals surface area contributed by atoms with Crippen molar-refractivity contribution in [2.45, 2.75) is 33.7 Å². The van der Waals surface area contributed by atoms with Crippen LogP contribution >= 0.6 is 0 Å². The summed E-state index contributed by atoms with van der Waals surface area (Å²) < 4.78 is 19.2. The molecule has 0 aliphatic heterocycles. The van der Waals surface area contributed by atoms with Crippen molar-refractivity contribution in [3.63, 3.8) is 0 Å². The molecule has 0 bridgehead atoms. The fraction of sp³-hybridized carbons (Fsp3) is 0.238. The molecule has 0 radical (unpaired) electrons. The molecule has 0 atom stereocenters. The topological polar surface area (TPSA) is 42.6 Å². The van der Waals surface area contributed by atoms with Crippen LogP contribution in [-0.4, -0.2) is 6.21 Å². The van der Waals surface area contributed by atoms with E-state index in [0.717, 1.165) is 5.56 Å². The average molecular weight is 339 g/mol. The molecule has 1 aromatic heterocycles. The molecule has 0 saturated carbocycles. The third-order valence-corrected chi connectivity index (χ3v) is 3.70. The van der Waals surface area contributed by atoms with Gasteiger partial charge < -0.3 is 4.42 Å². The fourth-order valence-corrected chi connectivity index (χ4v) is 2.59. The highest BCUT2D eigenvalue weighted by molar-refractivity contribution is 5.85. The van der Waals surface area contributed by atoms with Gasteiger partial charge in [-0.1, -0.05) is 32.1 Å². The molecule has 1 aliphatic carbocycles. The van der Waals surface area contributed by atoms with Crippen molar-refractivity contribution in [1.82, 2.24) is 0 Å². The van der Waals surface area contributed by atoms with Gasteiger partial charge in [-0.2, -0.15) is 0 Å². The molecular weight excluding hydrogens is 317 g/mol. The van der Waals surface area contributed by atoms with Gasteiger partial charge in [0.15, 0.2) is 5.43 Å². The Bertz CT molecular complexity index is 917. The number of allylic oxidation sites excluding steroid dienone is 5. The minimum Gasteiger partial charge on any atom is -0.464 e. The van der Waals surface area contributed by atoms with Gasteiger partial charge in [0.05, 0.1) is 17.5 Å². The van der Waals surface area contributed by atoms with Crippen LogP contribution in [0.25, 0.3) is 17.0 Å². The van der Waals surface area contributed by atoms with Gasteiger partial charge in [-0.3, -0.25) is 9.79 Å². The Hall–Kier alpha value is -2.75. The fourth-order valence-electron chi connectivity index (χ4n) is 2.59. The molecule has 1 heterocycles. The Balaban J connectivity index is 0.00000109. The average Bonchev–Trinajstić information content (AvgIpc) is 2.82. The molecule has 2 aromatic rings. The zero-order valence-electron chi connectivity index (χ0n) is 14.8. The molecule has 0 unspecified atom stereocenters. The van der Waals surface area contributed by atoms with Crippen molar-refractivity contribution in [2.24, 2.45) is 4.99 Å². The highest BCUT2D eigenvalue weighted by Crippen LogP contribution is 2.26. The highest BCUT2D eigenvalue weighted by Gasteiger charge is 2.14. The molecule has 4 heteroatoms. The monoisotopic (exact) mass is 339 g/mol. The van der Waals surface area contributed by atoms with Crippen LogP contribution in [-0.2, 0) is 13.0 Å². The summed E-state index contributed by atoms with van der Waals surface area (Å²) >= 11 is 0. The van der Waals surface area contributed by atoms with E-state index in [4.69, 9.17) is 4.42 Å². The standard InChI is InChI=1S/C19H16FNO2.C2H6/c1-2-3-9-21-11-14-12-23-17-8-7-13-10-15(20)5-4-6-16(13)18(17)19(14)22;1-2/h2-5,7-10,12H,6,11H2,1H3;1-2H3/b3-2-,21-9?;. The van der Waals surface area contributed by atoms with Crippen LogP contribution in [0.15, 0.2) is 62.7 Å². The molecule has 25 heavy (non-hydrogen) atoms. The van der Waals surface area contributed by atoms with Gasteiger partial charge in [0.1, 0.15) is 17.7 Å². The molecule has 0 amide bonds. The largest absolute Gasteiger partial charge is 0.464 e. The normalized spacial score (nSPS) is 13.5. The summed E-state index contributed by atoms with van der Waals surface area (Å²) in [4.78, 5) is 17.0. The van der Waals surface area contributed by atoms with Crippen LogP contribution in [0.3, 0.4) is 0 Å². The zero-order chi connectivity index (χ0) is 18.2. The maximum Gasteiger partial charge on any atom is 0.198 e. The molecule has 0 saturated heterocycles. The van der Waals surface area contributed by atoms with E-state index in [1.54, 1.807) is 30.5 Å². The summed E-state index contributed by atoms with van der Waals surface area (Å²) in [5, 5.41) is 0.511. The molecular formula is C21H22FNO2. The Morgan fingerprint density at radius 3 is 2.88 bits per heavy atom. The second-order valence-corrected chi connectivity index (χ2v) is 5.25. The SMILES string of the molecule is C/C=C\C=NCc1coc2ccc3c(c2c1=O)CC=CC(F)=C3.CC. The molecule has 0 spiro atoms. The third kappa shape index (κ3) is 4.21. The maximum absolute atomic E-state index is 13.6. The summed E-state index contributed by atoms with van der Waals surface area (Å²) in [6.45, 7) is 6.15. The third-order valence-electron chi connectivity index (χ3n) is 3.70. The lowest BCUT2D eigenvalue weighted by atomic mass is 9.99. The van der Waals surface area contributed by atoms with Gasteiger partial charge >= 0.3 is 0 Å². The van der Waals surface area contributed by atoms with Gasteiger partial charge in [0, 0.05) is 6.21 Å². The summed E-state index contributed by atoms with van der Waals surface area (Å²) in [7, 11) is 0. The zero-order valence-corrected chi connectivity index (χ0v) is 14.8. The van der Waals surface area contributed by atoms with Crippen molar-refractivity contribution in [2.75, 3.05) is 0 Å². The van der Waals surface area contributed by atoms with E-state index >= 15 is 0 Å². The van der Waals surface area contributed by atoms with Crippen molar-refractivity contribution in [1.29, 1.82) is 0 Å². The predicted molar refractivity (Wildman–Crippen MR) is 103 cm³/mol. The van der Waals surface area contributed by atoms with Crippen molar-refractivity contribution in [3.8, 4) is 0 Å². The highest BCUT2D eigenvalue weighted by atomic mass is 19.1. The number of aliphatic imine (C=N–C) groups is 1. The lowest BCUT2D eigenvalue weighted by Gasteiger charge is -2.08.